The van der Waals surface area contributed by atoms with Gasteiger partial charge in [0.1, 0.15) is 23.9 Å². The average Bonchev–Trinajstić information content (AvgIpc) is 3.14. The Hall–Kier alpha value is -3.33. The van der Waals surface area contributed by atoms with Gasteiger partial charge in [-0.2, -0.15) is 0 Å². The van der Waals surface area contributed by atoms with Crippen molar-refractivity contribution in [1.82, 2.24) is 20.4 Å². The molecule has 1 amide bonds. The van der Waals surface area contributed by atoms with E-state index in [-0.39, 0.29) is 25.2 Å². The smallest absolute Gasteiger partial charge is 0.253 e. The molecule has 9 heteroatoms. The Morgan fingerprint density at radius 1 is 1.29 bits per heavy atom. The Morgan fingerprint density at radius 3 is 2.74 bits per heavy atom. The highest BCUT2D eigenvalue weighted by Crippen LogP contribution is 2.27. The Bertz CT molecular complexity index is 1040. The molecule has 0 saturated heterocycles. The van der Waals surface area contributed by atoms with E-state index in [1.54, 1.807) is 26.0 Å². The maximum atomic E-state index is 13.9. The fourth-order valence-corrected chi connectivity index (χ4v) is 3.00. The van der Waals surface area contributed by atoms with Gasteiger partial charge in [-0.05, 0) is 32.4 Å². The van der Waals surface area contributed by atoms with Crippen molar-refractivity contribution in [2.45, 2.75) is 46.3 Å². The van der Waals surface area contributed by atoms with E-state index < -0.39 is 5.82 Å². The molecule has 0 bridgehead atoms. The molecule has 3 aromatic rings. The normalized spacial score (nSPS) is 11.9. The Kier molecular flexibility index (Phi) is 7.30. The Labute approximate surface area is 179 Å². The lowest BCUT2D eigenvalue weighted by atomic mass is 10.1. The van der Waals surface area contributed by atoms with Gasteiger partial charge in [0.25, 0.3) is 5.91 Å². The van der Waals surface area contributed by atoms with Crippen LogP contribution >= 0.6 is 0 Å². The second kappa shape index (κ2) is 10.1. The molecule has 0 saturated carbocycles. The van der Waals surface area contributed by atoms with E-state index in [0.717, 1.165) is 6.42 Å². The van der Waals surface area contributed by atoms with Crippen molar-refractivity contribution < 1.29 is 23.6 Å². The highest BCUT2D eigenvalue weighted by molar-refractivity contribution is 5.94. The van der Waals surface area contributed by atoms with Gasteiger partial charge in [0, 0.05) is 24.0 Å². The topological polar surface area (TPSA) is 110 Å². The quantitative estimate of drug-likeness (QED) is 0.538. The molecule has 3 aromatic heterocycles. The Balaban J connectivity index is 1.68. The van der Waals surface area contributed by atoms with E-state index in [1.807, 2.05) is 6.92 Å². The summed E-state index contributed by atoms with van der Waals surface area (Å²) in [5.74, 6) is 0.113. The molecular weight excluding hydrogens is 403 g/mol. The number of halogens is 1. The highest BCUT2D eigenvalue weighted by Gasteiger charge is 2.18. The number of hydrogen-bond donors (Lipinski definition) is 2. The molecule has 2 N–H and O–H groups in total. The number of rotatable bonds is 9. The standard InChI is InChI=1S/C22H25FN4O4/c1-4-5-17(11-28)26-22(29)15-6-7-20(25-9-15)30-12-18-14(3)31-27-21(18)16-8-19(23)13(2)24-10-16/h6-10,17,28H,4-5,11-12H2,1-3H3,(H,26,29). The first-order chi connectivity index (χ1) is 14.9. The molecule has 164 valence electrons. The number of amides is 1. The number of ether oxygens (including phenoxy) is 1. The first kappa shape index (κ1) is 22.4. The minimum Gasteiger partial charge on any atom is -0.473 e. The lowest BCUT2D eigenvalue weighted by Crippen LogP contribution is -2.37. The number of carbonyl (C=O) groups is 1. The molecule has 0 spiro atoms. The van der Waals surface area contributed by atoms with Crippen LogP contribution in [0.15, 0.2) is 35.1 Å². The number of nitrogens with one attached hydrogen (secondary N) is 1. The van der Waals surface area contributed by atoms with E-state index >= 15 is 0 Å². The van der Waals surface area contributed by atoms with Gasteiger partial charge in [-0.25, -0.2) is 9.37 Å². The van der Waals surface area contributed by atoms with E-state index in [9.17, 15) is 14.3 Å². The van der Waals surface area contributed by atoms with Gasteiger partial charge < -0.3 is 19.7 Å². The molecule has 8 nitrogen and oxygen atoms in total. The molecular formula is C22H25FN4O4. The van der Waals surface area contributed by atoms with Crippen LogP contribution in [0.2, 0.25) is 0 Å². The molecule has 3 heterocycles. The third-order valence-corrected chi connectivity index (χ3v) is 4.84. The van der Waals surface area contributed by atoms with Crippen LogP contribution < -0.4 is 10.1 Å². The molecule has 3 rings (SSSR count). The number of aliphatic hydroxyl groups is 1. The van der Waals surface area contributed by atoms with Crippen LogP contribution in [-0.2, 0) is 6.61 Å². The largest absolute Gasteiger partial charge is 0.473 e. The minimum absolute atomic E-state index is 0.0990. The number of aryl methyl sites for hydroxylation is 2. The molecule has 0 aromatic carbocycles. The maximum Gasteiger partial charge on any atom is 0.253 e. The summed E-state index contributed by atoms with van der Waals surface area (Å²) in [5.41, 5.74) is 2.26. The summed E-state index contributed by atoms with van der Waals surface area (Å²) in [4.78, 5) is 20.5. The van der Waals surface area contributed by atoms with Crippen LogP contribution in [0.4, 0.5) is 4.39 Å². The van der Waals surface area contributed by atoms with Gasteiger partial charge >= 0.3 is 0 Å². The van der Waals surface area contributed by atoms with Crippen molar-refractivity contribution in [3.05, 3.63) is 59.0 Å². The van der Waals surface area contributed by atoms with Crippen LogP contribution in [-0.4, -0.2) is 38.8 Å². The van der Waals surface area contributed by atoms with Gasteiger partial charge in [0.15, 0.2) is 0 Å². The van der Waals surface area contributed by atoms with Gasteiger partial charge in [-0.3, -0.25) is 9.78 Å². The summed E-state index contributed by atoms with van der Waals surface area (Å²) in [6.45, 7) is 5.29. The number of nitrogens with zero attached hydrogens (tertiary/aromatic N) is 3. The molecule has 1 atom stereocenters. The second-order valence-corrected chi connectivity index (χ2v) is 7.17. The van der Waals surface area contributed by atoms with E-state index in [0.29, 0.717) is 46.1 Å². The summed E-state index contributed by atoms with van der Waals surface area (Å²) in [6.07, 6.45) is 4.48. The predicted octanol–water partition coefficient (Wildman–Crippen LogP) is 3.36. The molecule has 31 heavy (non-hydrogen) atoms. The third-order valence-electron chi connectivity index (χ3n) is 4.84. The molecule has 0 aliphatic rings. The summed E-state index contributed by atoms with van der Waals surface area (Å²) in [7, 11) is 0. The zero-order valence-corrected chi connectivity index (χ0v) is 17.7. The summed E-state index contributed by atoms with van der Waals surface area (Å²) in [5, 5.41) is 16.1. The third kappa shape index (κ3) is 5.43. The van der Waals surface area contributed by atoms with Gasteiger partial charge in [-0.1, -0.05) is 18.5 Å². The van der Waals surface area contributed by atoms with Gasteiger partial charge in [0.2, 0.25) is 5.88 Å². The first-order valence-electron chi connectivity index (χ1n) is 10.0. The SMILES string of the molecule is CCCC(CO)NC(=O)c1ccc(OCc2c(-c3cnc(C)c(F)c3)noc2C)nc1. The zero-order chi connectivity index (χ0) is 22.4. The fraction of sp³-hybridized carbons (Fsp3) is 0.364. The van der Waals surface area contributed by atoms with Crippen LogP contribution in [0.25, 0.3) is 11.3 Å². The minimum atomic E-state index is -0.428. The summed E-state index contributed by atoms with van der Waals surface area (Å²) >= 11 is 0. The van der Waals surface area contributed by atoms with E-state index in [4.69, 9.17) is 9.26 Å². The molecule has 0 aliphatic heterocycles. The van der Waals surface area contributed by atoms with Gasteiger partial charge in [0.05, 0.1) is 29.5 Å². The van der Waals surface area contributed by atoms with Crippen molar-refractivity contribution >= 4 is 5.91 Å². The van der Waals surface area contributed by atoms with Crippen molar-refractivity contribution in [3.63, 3.8) is 0 Å². The lowest BCUT2D eigenvalue weighted by Gasteiger charge is -2.15. The number of carbonyl (C=O) groups excluding carboxylic acids is 1. The maximum absolute atomic E-state index is 13.9. The van der Waals surface area contributed by atoms with Gasteiger partial charge in [-0.15, -0.1) is 0 Å². The first-order valence-corrected chi connectivity index (χ1v) is 10.0. The number of pyridine rings is 2. The second-order valence-electron chi connectivity index (χ2n) is 7.17. The molecule has 0 aliphatic carbocycles. The number of hydrogen-bond acceptors (Lipinski definition) is 7. The predicted molar refractivity (Wildman–Crippen MR) is 111 cm³/mol. The van der Waals surface area contributed by atoms with E-state index in [2.05, 4.69) is 20.4 Å². The van der Waals surface area contributed by atoms with Crippen LogP contribution in [0.5, 0.6) is 5.88 Å². The summed E-state index contributed by atoms with van der Waals surface area (Å²) in [6, 6.07) is 4.24. The van der Waals surface area contributed by atoms with Crippen molar-refractivity contribution in [1.29, 1.82) is 0 Å². The van der Waals surface area contributed by atoms with E-state index in [1.165, 1.54) is 18.5 Å². The Morgan fingerprint density at radius 2 is 2.10 bits per heavy atom. The molecule has 0 fully saturated rings. The fourth-order valence-electron chi connectivity index (χ4n) is 3.00. The highest BCUT2D eigenvalue weighted by atomic mass is 19.1. The van der Waals surface area contributed by atoms with Crippen molar-refractivity contribution in [2.75, 3.05) is 6.61 Å². The van der Waals surface area contributed by atoms with Crippen molar-refractivity contribution in [3.8, 4) is 17.1 Å². The lowest BCUT2D eigenvalue weighted by molar-refractivity contribution is 0.0912. The summed E-state index contributed by atoms with van der Waals surface area (Å²) < 4.78 is 24.9. The number of aliphatic hydroxyl groups excluding tert-OH is 1. The monoisotopic (exact) mass is 428 g/mol. The molecule has 0 radical (unpaired) electrons. The van der Waals surface area contributed by atoms with Crippen molar-refractivity contribution in [2.24, 2.45) is 0 Å². The zero-order valence-electron chi connectivity index (χ0n) is 17.7. The van der Waals surface area contributed by atoms with Crippen LogP contribution in [0.3, 0.4) is 0 Å². The molecule has 1 unspecified atom stereocenters. The number of aromatic nitrogens is 3. The average molecular weight is 428 g/mol. The van der Waals surface area contributed by atoms with Crippen LogP contribution in [0, 0.1) is 19.7 Å². The van der Waals surface area contributed by atoms with Crippen LogP contribution in [0.1, 0.15) is 47.1 Å².